The number of carbonyl (C=O) groups excluding carboxylic acids is 3. The summed E-state index contributed by atoms with van der Waals surface area (Å²) < 4.78 is 0. The van der Waals surface area contributed by atoms with E-state index in [1.807, 2.05) is 37.3 Å². The molecule has 25 heavy (non-hydrogen) atoms. The van der Waals surface area contributed by atoms with Gasteiger partial charge in [-0.3, -0.25) is 14.4 Å². The summed E-state index contributed by atoms with van der Waals surface area (Å²) in [6.07, 6.45) is 0.653. The highest BCUT2D eigenvalue weighted by Gasteiger charge is 2.14. The van der Waals surface area contributed by atoms with Crippen molar-refractivity contribution in [2.45, 2.75) is 13.3 Å². The van der Waals surface area contributed by atoms with Crippen molar-refractivity contribution in [3.05, 3.63) is 65.7 Å². The third-order valence-corrected chi connectivity index (χ3v) is 3.67. The maximum Gasteiger partial charge on any atom is 0.251 e. The molecule has 4 N–H and O–H groups in total. The number of hydrogen-bond donors (Lipinski definition) is 3. The van der Waals surface area contributed by atoms with Gasteiger partial charge in [0.25, 0.3) is 5.91 Å². The minimum atomic E-state index is -0.607. The molecule has 0 saturated heterocycles. The highest BCUT2D eigenvalue weighted by Crippen LogP contribution is 2.14. The number of carbonyl (C=O) groups is 3. The summed E-state index contributed by atoms with van der Waals surface area (Å²) >= 11 is 0. The third kappa shape index (κ3) is 5.76. The predicted molar refractivity (Wildman–Crippen MR) is 95.9 cm³/mol. The summed E-state index contributed by atoms with van der Waals surface area (Å²) in [6.45, 7) is 1.66. The van der Waals surface area contributed by atoms with Gasteiger partial charge in [-0.25, -0.2) is 0 Å². The smallest absolute Gasteiger partial charge is 0.251 e. The Morgan fingerprint density at radius 2 is 1.64 bits per heavy atom. The van der Waals surface area contributed by atoms with E-state index >= 15 is 0 Å². The lowest BCUT2D eigenvalue weighted by molar-refractivity contribution is -0.119. The van der Waals surface area contributed by atoms with Crippen LogP contribution < -0.4 is 16.4 Å². The van der Waals surface area contributed by atoms with Gasteiger partial charge in [0.2, 0.25) is 11.8 Å². The largest absolute Gasteiger partial charge is 0.368 e. The lowest BCUT2D eigenvalue weighted by atomic mass is 10.0. The molecule has 1 atom stereocenters. The van der Waals surface area contributed by atoms with Gasteiger partial charge in [0.1, 0.15) is 0 Å². The van der Waals surface area contributed by atoms with Crippen LogP contribution in [0, 0.1) is 5.92 Å². The van der Waals surface area contributed by atoms with Crippen LogP contribution >= 0.6 is 0 Å². The van der Waals surface area contributed by atoms with E-state index in [-0.39, 0.29) is 18.4 Å². The summed E-state index contributed by atoms with van der Waals surface area (Å²) in [4.78, 5) is 34.7. The molecule has 2 aromatic rings. The van der Waals surface area contributed by atoms with Gasteiger partial charge in [-0.15, -0.1) is 0 Å². The first-order valence-electron chi connectivity index (χ1n) is 7.97. The van der Waals surface area contributed by atoms with E-state index in [0.717, 1.165) is 5.56 Å². The molecule has 6 nitrogen and oxygen atoms in total. The zero-order chi connectivity index (χ0) is 18.2. The highest BCUT2D eigenvalue weighted by molar-refractivity contribution is 5.97. The molecule has 130 valence electrons. The van der Waals surface area contributed by atoms with Crippen molar-refractivity contribution in [3.63, 3.8) is 0 Å². The Morgan fingerprint density at radius 1 is 1.00 bits per heavy atom. The summed E-state index contributed by atoms with van der Waals surface area (Å²) in [5.74, 6) is -1.27. The molecule has 0 bridgehead atoms. The summed E-state index contributed by atoms with van der Waals surface area (Å²) in [7, 11) is 0. The predicted octanol–water partition coefficient (Wildman–Crippen LogP) is 1.72. The number of hydrogen-bond acceptors (Lipinski definition) is 3. The quantitative estimate of drug-likeness (QED) is 0.716. The Bertz CT molecular complexity index is 742. The Morgan fingerprint density at radius 3 is 2.24 bits per heavy atom. The second-order valence-corrected chi connectivity index (χ2v) is 5.81. The molecule has 0 saturated carbocycles. The maximum absolute atomic E-state index is 12.3. The molecule has 3 amide bonds. The van der Waals surface area contributed by atoms with E-state index in [4.69, 9.17) is 5.73 Å². The number of nitrogens with one attached hydrogen (secondary N) is 2. The lowest BCUT2D eigenvalue weighted by Gasteiger charge is -2.12. The molecule has 0 aliphatic rings. The molecule has 1 unspecified atom stereocenters. The Hall–Kier alpha value is -3.15. The van der Waals surface area contributed by atoms with Gasteiger partial charge in [-0.05, 0) is 36.2 Å². The van der Waals surface area contributed by atoms with Crippen LogP contribution in [0.1, 0.15) is 22.8 Å². The third-order valence-electron chi connectivity index (χ3n) is 3.67. The highest BCUT2D eigenvalue weighted by atomic mass is 16.2. The molecule has 2 aromatic carbocycles. The molecule has 0 fully saturated rings. The molecule has 0 spiro atoms. The molecule has 6 heteroatoms. The van der Waals surface area contributed by atoms with Gasteiger partial charge in [0.15, 0.2) is 0 Å². The number of anilines is 1. The minimum absolute atomic E-state index is 0.0882. The average molecular weight is 339 g/mol. The van der Waals surface area contributed by atoms with Crippen molar-refractivity contribution in [3.8, 4) is 0 Å². The van der Waals surface area contributed by atoms with Crippen molar-refractivity contribution in [1.82, 2.24) is 5.32 Å². The zero-order valence-corrected chi connectivity index (χ0v) is 14.0. The van der Waals surface area contributed by atoms with E-state index in [0.29, 0.717) is 17.7 Å². The normalized spacial score (nSPS) is 11.4. The fraction of sp³-hybridized carbons (Fsp3) is 0.211. The SMILES string of the molecule is CC(Cc1ccccc1)C(=O)Nc1ccc(C(=O)NCC(N)=O)cc1. The van der Waals surface area contributed by atoms with Gasteiger partial charge in [-0.2, -0.15) is 0 Å². The van der Waals surface area contributed by atoms with Crippen LogP contribution in [0.3, 0.4) is 0 Å². The molecular formula is C19H21N3O3. The maximum atomic E-state index is 12.3. The minimum Gasteiger partial charge on any atom is -0.368 e. The van der Waals surface area contributed by atoms with E-state index in [1.165, 1.54) is 0 Å². The fourth-order valence-electron chi connectivity index (χ4n) is 2.30. The number of primary amides is 1. The molecule has 0 aliphatic carbocycles. The fourth-order valence-corrected chi connectivity index (χ4v) is 2.30. The summed E-state index contributed by atoms with van der Waals surface area (Å²) in [5.41, 5.74) is 7.08. The van der Waals surface area contributed by atoms with Gasteiger partial charge in [-0.1, -0.05) is 37.3 Å². The zero-order valence-electron chi connectivity index (χ0n) is 14.0. The van der Waals surface area contributed by atoms with E-state index in [1.54, 1.807) is 24.3 Å². The number of nitrogens with two attached hydrogens (primary N) is 1. The van der Waals surface area contributed by atoms with Gasteiger partial charge in [0, 0.05) is 17.2 Å². The molecule has 2 rings (SSSR count). The number of amides is 3. The molecule has 0 aliphatic heterocycles. The first-order chi connectivity index (χ1) is 12.0. The van der Waals surface area contributed by atoms with Crippen LogP contribution in [-0.4, -0.2) is 24.3 Å². The average Bonchev–Trinajstić information content (AvgIpc) is 2.61. The molecule has 0 radical (unpaired) electrons. The van der Waals surface area contributed by atoms with Gasteiger partial charge >= 0.3 is 0 Å². The Balaban J connectivity index is 1.90. The topological polar surface area (TPSA) is 101 Å². The van der Waals surface area contributed by atoms with Crippen molar-refractivity contribution in [2.24, 2.45) is 11.7 Å². The molecular weight excluding hydrogens is 318 g/mol. The van der Waals surface area contributed by atoms with Gasteiger partial charge in [0.05, 0.1) is 6.54 Å². The lowest BCUT2D eigenvalue weighted by Crippen LogP contribution is -2.33. The number of benzene rings is 2. The van der Waals surface area contributed by atoms with Crippen LogP contribution in [0.2, 0.25) is 0 Å². The standard InChI is InChI=1S/C19H21N3O3/c1-13(11-14-5-3-2-4-6-14)18(24)22-16-9-7-15(8-10-16)19(25)21-12-17(20)23/h2-10,13H,11-12H2,1H3,(H2,20,23)(H,21,25)(H,22,24). The first kappa shape index (κ1) is 18.2. The summed E-state index contributed by atoms with van der Waals surface area (Å²) in [6, 6.07) is 16.3. The molecule has 0 heterocycles. The molecule has 0 aromatic heterocycles. The van der Waals surface area contributed by atoms with Crippen LogP contribution in [-0.2, 0) is 16.0 Å². The summed E-state index contributed by atoms with van der Waals surface area (Å²) in [5, 5.41) is 5.24. The second kappa shape index (κ2) is 8.63. The van der Waals surface area contributed by atoms with Crippen molar-refractivity contribution in [1.29, 1.82) is 0 Å². The Kier molecular flexibility index (Phi) is 6.28. The van der Waals surface area contributed by atoms with Crippen molar-refractivity contribution < 1.29 is 14.4 Å². The van der Waals surface area contributed by atoms with Crippen LogP contribution in [0.4, 0.5) is 5.69 Å². The second-order valence-electron chi connectivity index (χ2n) is 5.81. The monoisotopic (exact) mass is 339 g/mol. The van der Waals surface area contributed by atoms with Gasteiger partial charge < -0.3 is 16.4 Å². The Labute approximate surface area is 146 Å². The van der Waals surface area contributed by atoms with Crippen LogP contribution in [0.25, 0.3) is 0 Å². The number of rotatable bonds is 7. The first-order valence-corrected chi connectivity index (χ1v) is 7.97. The van der Waals surface area contributed by atoms with E-state index < -0.39 is 11.8 Å². The van der Waals surface area contributed by atoms with Crippen LogP contribution in [0.5, 0.6) is 0 Å². The van der Waals surface area contributed by atoms with E-state index in [2.05, 4.69) is 10.6 Å². The van der Waals surface area contributed by atoms with E-state index in [9.17, 15) is 14.4 Å². The van der Waals surface area contributed by atoms with Crippen LogP contribution in [0.15, 0.2) is 54.6 Å². The van der Waals surface area contributed by atoms with Crippen molar-refractivity contribution >= 4 is 23.4 Å². The van der Waals surface area contributed by atoms with Crippen molar-refractivity contribution in [2.75, 3.05) is 11.9 Å².